The monoisotopic (exact) mass is 292 g/mol. The van der Waals surface area contributed by atoms with E-state index in [2.05, 4.69) is 5.16 Å². The second-order valence-corrected chi connectivity index (χ2v) is 5.45. The molecule has 1 aromatic carbocycles. The summed E-state index contributed by atoms with van der Waals surface area (Å²) in [4.78, 5) is 19.7. The van der Waals surface area contributed by atoms with Crippen LogP contribution in [-0.2, 0) is 14.4 Å². The summed E-state index contributed by atoms with van der Waals surface area (Å²) in [5.41, 5.74) is 0.228. The summed E-state index contributed by atoms with van der Waals surface area (Å²) in [5, 5.41) is 3.99. The Hall–Kier alpha value is -1.95. The molecule has 3 rings (SSSR count). The van der Waals surface area contributed by atoms with Crippen molar-refractivity contribution in [2.45, 2.75) is 18.9 Å². The Labute approximate surface area is 122 Å². The van der Waals surface area contributed by atoms with E-state index in [1.54, 1.807) is 24.0 Å². The molecule has 21 heavy (non-hydrogen) atoms. The molecule has 1 amide bonds. The number of oxime groups is 1. The lowest BCUT2D eigenvalue weighted by Gasteiger charge is -2.32. The van der Waals surface area contributed by atoms with Crippen LogP contribution in [0.1, 0.15) is 18.9 Å². The van der Waals surface area contributed by atoms with Crippen LogP contribution < -0.4 is 0 Å². The molecule has 2 heterocycles. The maximum Gasteiger partial charge on any atom is 0.269 e. The molecule has 0 unspecified atom stereocenters. The van der Waals surface area contributed by atoms with Gasteiger partial charge in [0, 0.05) is 25.1 Å². The second-order valence-electron chi connectivity index (χ2n) is 5.45. The molecular formula is C15H17FN2O3. The maximum atomic E-state index is 13.3. The van der Waals surface area contributed by atoms with Gasteiger partial charge in [0.2, 0.25) is 5.60 Å². The number of amides is 1. The first-order chi connectivity index (χ1) is 10.1. The Morgan fingerprint density at radius 2 is 2.14 bits per heavy atom. The molecule has 0 aromatic heterocycles. The molecular weight excluding hydrogens is 275 g/mol. The van der Waals surface area contributed by atoms with Crippen LogP contribution in [0, 0.1) is 5.82 Å². The number of hydrogen-bond acceptors (Lipinski definition) is 4. The molecule has 0 radical (unpaired) electrons. The van der Waals surface area contributed by atoms with Crippen molar-refractivity contribution in [3.8, 4) is 0 Å². The molecule has 1 atom stereocenters. The van der Waals surface area contributed by atoms with Crippen molar-refractivity contribution in [1.82, 2.24) is 4.90 Å². The third kappa shape index (κ3) is 2.76. The van der Waals surface area contributed by atoms with Crippen LogP contribution in [-0.4, -0.2) is 48.4 Å². The van der Waals surface area contributed by atoms with Crippen LogP contribution in [0.5, 0.6) is 0 Å². The van der Waals surface area contributed by atoms with Crippen molar-refractivity contribution < 1.29 is 18.8 Å². The molecule has 1 aromatic rings. The summed E-state index contributed by atoms with van der Waals surface area (Å²) in [6.45, 7) is 3.93. The first-order valence-electron chi connectivity index (χ1n) is 6.97. The maximum absolute atomic E-state index is 13.3. The largest absolute Gasteiger partial charge is 0.379 e. The number of hydrogen-bond donors (Lipinski definition) is 0. The molecule has 0 N–H and O–H groups in total. The summed E-state index contributed by atoms with van der Waals surface area (Å²) < 4.78 is 18.5. The molecule has 2 aliphatic heterocycles. The van der Waals surface area contributed by atoms with E-state index in [4.69, 9.17) is 9.57 Å². The normalized spacial score (nSPS) is 25.4. The van der Waals surface area contributed by atoms with Gasteiger partial charge in [0.05, 0.1) is 18.9 Å². The van der Waals surface area contributed by atoms with Gasteiger partial charge in [0.25, 0.3) is 5.91 Å². The van der Waals surface area contributed by atoms with Gasteiger partial charge in [-0.05, 0) is 19.1 Å². The van der Waals surface area contributed by atoms with E-state index in [9.17, 15) is 9.18 Å². The molecule has 0 spiro atoms. The Balaban J connectivity index is 1.73. The number of benzene rings is 1. The van der Waals surface area contributed by atoms with Crippen LogP contribution in [0.15, 0.2) is 29.4 Å². The summed E-state index contributed by atoms with van der Waals surface area (Å²) in [5.74, 6) is -0.427. The average molecular weight is 292 g/mol. The van der Waals surface area contributed by atoms with Crippen molar-refractivity contribution in [1.29, 1.82) is 0 Å². The Morgan fingerprint density at radius 1 is 1.38 bits per heavy atom. The minimum absolute atomic E-state index is 0.0963. The Morgan fingerprint density at radius 3 is 2.86 bits per heavy atom. The zero-order valence-electron chi connectivity index (χ0n) is 11.8. The fourth-order valence-electron chi connectivity index (χ4n) is 2.58. The van der Waals surface area contributed by atoms with Crippen LogP contribution >= 0.6 is 0 Å². The van der Waals surface area contributed by atoms with Crippen LogP contribution in [0.4, 0.5) is 4.39 Å². The van der Waals surface area contributed by atoms with Gasteiger partial charge in [-0.1, -0.05) is 17.3 Å². The average Bonchev–Trinajstić information content (AvgIpc) is 2.91. The van der Waals surface area contributed by atoms with Crippen LogP contribution in [0.25, 0.3) is 0 Å². The zero-order valence-corrected chi connectivity index (χ0v) is 11.8. The third-order valence-corrected chi connectivity index (χ3v) is 3.77. The first kappa shape index (κ1) is 14.0. The Bertz CT molecular complexity index is 584. The van der Waals surface area contributed by atoms with Gasteiger partial charge < -0.3 is 14.5 Å². The standard InChI is InChI=1S/C15H17FN2O3/c1-15(14(19)18-5-7-20-8-6-18)10-13(17-21-15)11-3-2-4-12(16)9-11/h2-4,9H,5-8,10H2,1H3/t15-/m0/s1. The number of carbonyl (C=O) groups is 1. The van der Waals surface area contributed by atoms with Crippen LogP contribution in [0.2, 0.25) is 0 Å². The van der Waals surface area contributed by atoms with Crippen molar-refractivity contribution in [3.05, 3.63) is 35.6 Å². The number of carbonyl (C=O) groups excluding carboxylic acids is 1. The zero-order chi connectivity index (χ0) is 14.9. The minimum Gasteiger partial charge on any atom is -0.379 e. The molecule has 1 fully saturated rings. The van der Waals surface area contributed by atoms with Crippen molar-refractivity contribution in [2.75, 3.05) is 26.3 Å². The molecule has 6 heteroatoms. The fourth-order valence-corrected chi connectivity index (χ4v) is 2.58. The molecule has 112 valence electrons. The molecule has 0 saturated carbocycles. The highest BCUT2D eigenvalue weighted by molar-refractivity contribution is 6.05. The van der Waals surface area contributed by atoms with Gasteiger partial charge in [-0.2, -0.15) is 0 Å². The van der Waals surface area contributed by atoms with E-state index in [0.29, 0.717) is 44.0 Å². The highest BCUT2D eigenvalue weighted by Gasteiger charge is 2.44. The number of nitrogens with zero attached hydrogens (tertiary/aromatic N) is 2. The third-order valence-electron chi connectivity index (χ3n) is 3.77. The number of halogens is 1. The topological polar surface area (TPSA) is 51.1 Å². The minimum atomic E-state index is -1.01. The van der Waals surface area contributed by atoms with E-state index < -0.39 is 5.60 Å². The number of morpholine rings is 1. The molecule has 0 bridgehead atoms. The lowest BCUT2D eigenvalue weighted by atomic mass is 9.94. The fraction of sp³-hybridized carbons (Fsp3) is 0.467. The van der Waals surface area contributed by atoms with Gasteiger partial charge in [0.15, 0.2) is 0 Å². The summed E-state index contributed by atoms with van der Waals surface area (Å²) >= 11 is 0. The number of ether oxygens (including phenoxy) is 1. The highest BCUT2D eigenvalue weighted by Crippen LogP contribution is 2.29. The van der Waals surface area contributed by atoms with Gasteiger partial charge in [-0.15, -0.1) is 0 Å². The van der Waals surface area contributed by atoms with Crippen LogP contribution in [0.3, 0.4) is 0 Å². The lowest BCUT2D eigenvalue weighted by molar-refractivity contribution is -0.157. The summed E-state index contributed by atoms with van der Waals surface area (Å²) in [7, 11) is 0. The van der Waals surface area contributed by atoms with Gasteiger partial charge in [-0.25, -0.2) is 4.39 Å². The second kappa shape index (κ2) is 5.44. The number of rotatable bonds is 2. The molecule has 0 aliphatic carbocycles. The van der Waals surface area contributed by atoms with E-state index in [1.165, 1.54) is 12.1 Å². The van der Waals surface area contributed by atoms with Gasteiger partial charge in [0.1, 0.15) is 5.82 Å². The predicted molar refractivity (Wildman–Crippen MR) is 74.4 cm³/mol. The van der Waals surface area contributed by atoms with E-state index in [0.717, 1.165) is 0 Å². The van der Waals surface area contributed by atoms with Gasteiger partial charge in [-0.3, -0.25) is 4.79 Å². The SMILES string of the molecule is C[C@@]1(C(=O)N2CCOCC2)CC(c2cccc(F)c2)=NO1. The smallest absolute Gasteiger partial charge is 0.269 e. The quantitative estimate of drug-likeness (QED) is 0.831. The predicted octanol–water partition coefficient (Wildman–Crippen LogP) is 1.57. The molecule has 5 nitrogen and oxygen atoms in total. The lowest BCUT2D eigenvalue weighted by Crippen LogP contribution is -2.51. The van der Waals surface area contributed by atoms with Crippen molar-refractivity contribution >= 4 is 11.6 Å². The van der Waals surface area contributed by atoms with E-state index >= 15 is 0 Å². The van der Waals surface area contributed by atoms with Gasteiger partial charge >= 0.3 is 0 Å². The van der Waals surface area contributed by atoms with Crippen molar-refractivity contribution in [3.63, 3.8) is 0 Å². The summed E-state index contributed by atoms with van der Waals surface area (Å²) in [6.07, 6.45) is 0.340. The molecule has 1 saturated heterocycles. The van der Waals surface area contributed by atoms with Crippen molar-refractivity contribution in [2.24, 2.45) is 5.16 Å². The van der Waals surface area contributed by atoms with E-state index in [-0.39, 0.29) is 11.7 Å². The molecule has 2 aliphatic rings. The Kier molecular flexibility index (Phi) is 3.63. The van der Waals surface area contributed by atoms with E-state index in [1.807, 2.05) is 0 Å². The highest BCUT2D eigenvalue weighted by atomic mass is 19.1. The summed E-state index contributed by atoms with van der Waals surface area (Å²) in [6, 6.07) is 6.15. The first-order valence-corrected chi connectivity index (χ1v) is 6.97.